The molecular formula is C14H20N2O3. The Hall–Kier alpha value is -1.62. The number of nitro groups is 1. The van der Waals surface area contributed by atoms with Crippen LogP contribution >= 0.6 is 0 Å². The van der Waals surface area contributed by atoms with E-state index in [4.69, 9.17) is 4.74 Å². The molecule has 19 heavy (non-hydrogen) atoms. The largest absolute Gasteiger partial charge is 0.385 e. The first-order valence-electron chi connectivity index (χ1n) is 6.54. The van der Waals surface area contributed by atoms with E-state index in [1.807, 2.05) is 13.0 Å². The highest BCUT2D eigenvalue weighted by Gasteiger charge is 2.41. The van der Waals surface area contributed by atoms with Gasteiger partial charge in [-0.2, -0.15) is 0 Å². The fraction of sp³-hybridized carbons (Fsp3) is 0.571. The van der Waals surface area contributed by atoms with Crippen molar-refractivity contribution in [2.45, 2.75) is 26.2 Å². The summed E-state index contributed by atoms with van der Waals surface area (Å²) < 4.78 is 5.12. The average Bonchev–Trinajstić information content (AvgIpc) is 3.14. The highest BCUT2D eigenvalue weighted by atomic mass is 16.6. The molecule has 5 heteroatoms. The van der Waals surface area contributed by atoms with Crippen LogP contribution in [0.5, 0.6) is 0 Å². The topological polar surface area (TPSA) is 64.4 Å². The van der Waals surface area contributed by atoms with Gasteiger partial charge in [0.25, 0.3) is 5.69 Å². The summed E-state index contributed by atoms with van der Waals surface area (Å²) in [6.07, 6.45) is 3.46. The van der Waals surface area contributed by atoms with Crippen molar-refractivity contribution in [3.63, 3.8) is 0 Å². The minimum absolute atomic E-state index is 0.143. The lowest BCUT2D eigenvalue weighted by atomic mass is 10.0. The molecule has 0 radical (unpaired) electrons. The minimum atomic E-state index is -0.351. The van der Waals surface area contributed by atoms with Gasteiger partial charge in [-0.25, -0.2) is 0 Å². The van der Waals surface area contributed by atoms with Crippen molar-refractivity contribution in [3.05, 3.63) is 33.9 Å². The van der Waals surface area contributed by atoms with Crippen molar-refractivity contribution in [1.29, 1.82) is 0 Å². The van der Waals surface area contributed by atoms with Crippen molar-refractivity contribution in [3.8, 4) is 0 Å². The Morgan fingerprint density at radius 3 is 2.74 bits per heavy atom. The number of hydrogen-bond acceptors (Lipinski definition) is 4. The number of nitro benzene ring substituents is 1. The fourth-order valence-electron chi connectivity index (χ4n) is 2.27. The third kappa shape index (κ3) is 3.67. The average molecular weight is 264 g/mol. The van der Waals surface area contributed by atoms with Crippen LogP contribution in [0.3, 0.4) is 0 Å². The van der Waals surface area contributed by atoms with E-state index in [1.165, 1.54) is 12.8 Å². The van der Waals surface area contributed by atoms with E-state index in [2.05, 4.69) is 5.32 Å². The van der Waals surface area contributed by atoms with Crippen molar-refractivity contribution >= 4 is 11.4 Å². The van der Waals surface area contributed by atoms with Gasteiger partial charge in [0.15, 0.2) is 0 Å². The molecule has 0 unspecified atom stereocenters. The summed E-state index contributed by atoms with van der Waals surface area (Å²) >= 11 is 0. The second kappa shape index (κ2) is 5.57. The molecule has 0 aliphatic heterocycles. The Labute approximate surface area is 113 Å². The smallest absolute Gasteiger partial charge is 0.271 e. The third-order valence-electron chi connectivity index (χ3n) is 3.73. The molecule has 0 heterocycles. The molecule has 1 aliphatic carbocycles. The van der Waals surface area contributed by atoms with Gasteiger partial charge in [-0.05, 0) is 43.2 Å². The van der Waals surface area contributed by atoms with Crippen molar-refractivity contribution in [2.75, 3.05) is 25.6 Å². The molecule has 1 N–H and O–H groups in total. The van der Waals surface area contributed by atoms with E-state index in [0.29, 0.717) is 5.41 Å². The van der Waals surface area contributed by atoms with Crippen LogP contribution < -0.4 is 5.32 Å². The summed E-state index contributed by atoms with van der Waals surface area (Å²) in [4.78, 5) is 10.5. The van der Waals surface area contributed by atoms with E-state index in [-0.39, 0.29) is 10.6 Å². The van der Waals surface area contributed by atoms with Crippen molar-refractivity contribution in [2.24, 2.45) is 5.41 Å². The first-order valence-corrected chi connectivity index (χ1v) is 6.54. The summed E-state index contributed by atoms with van der Waals surface area (Å²) in [7, 11) is 1.72. The molecule has 2 rings (SSSR count). The van der Waals surface area contributed by atoms with Crippen LogP contribution in [0.1, 0.15) is 24.8 Å². The lowest BCUT2D eigenvalue weighted by Crippen LogP contribution is -2.17. The predicted octanol–water partition coefficient (Wildman–Crippen LogP) is 3.13. The molecule has 0 aromatic heterocycles. The van der Waals surface area contributed by atoms with Crippen LogP contribution in [-0.4, -0.2) is 25.2 Å². The lowest BCUT2D eigenvalue weighted by molar-refractivity contribution is -0.384. The monoisotopic (exact) mass is 264 g/mol. The number of rotatable bonds is 7. The summed E-state index contributed by atoms with van der Waals surface area (Å²) in [5.41, 5.74) is 2.20. The Bertz CT molecular complexity index is 470. The number of methoxy groups -OCH3 is 1. The van der Waals surface area contributed by atoms with Gasteiger partial charge in [-0.15, -0.1) is 0 Å². The number of ether oxygens (including phenoxy) is 1. The molecule has 0 amide bonds. The number of nitrogens with one attached hydrogen (secondary N) is 1. The van der Waals surface area contributed by atoms with Gasteiger partial charge in [0.2, 0.25) is 0 Å². The quantitative estimate of drug-likeness (QED) is 0.607. The number of nitrogens with zero attached hydrogens (tertiary/aromatic N) is 1. The van der Waals surface area contributed by atoms with Crippen LogP contribution in [0.25, 0.3) is 0 Å². The molecule has 0 saturated heterocycles. The van der Waals surface area contributed by atoms with Crippen LogP contribution in [-0.2, 0) is 4.74 Å². The van der Waals surface area contributed by atoms with Gasteiger partial charge < -0.3 is 10.1 Å². The number of anilines is 1. The normalized spacial score (nSPS) is 16.1. The zero-order valence-electron chi connectivity index (χ0n) is 11.4. The Balaban J connectivity index is 1.98. The van der Waals surface area contributed by atoms with Crippen LogP contribution in [0, 0.1) is 22.5 Å². The highest BCUT2D eigenvalue weighted by molar-refractivity contribution is 5.54. The fourth-order valence-corrected chi connectivity index (χ4v) is 2.27. The number of benzene rings is 1. The van der Waals surface area contributed by atoms with Crippen LogP contribution in [0.4, 0.5) is 11.4 Å². The Morgan fingerprint density at radius 2 is 2.16 bits per heavy atom. The molecule has 1 aromatic carbocycles. The summed E-state index contributed by atoms with van der Waals surface area (Å²) in [5, 5.41) is 14.2. The Kier molecular flexibility index (Phi) is 4.04. The van der Waals surface area contributed by atoms with Gasteiger partial charge in [0.05, 0.1) is 4.92 Å². The van der Waals surface area contributed by atoms with Crippen molar-refractivity contribution < 1.29 is 9.66 Å². The third-order valence-corrected chi connectivity index (χ3v) is 3.73. The van der Waals surface area contributed by atoms with E-state index in [1.54, 1.807) is 19.2 Å². The molecule has 1 fully saturated rings. The van der Waals surface area contributed by atoms with E-state index in [9.17, 15) is 10.1 Å². The first-order chi connectivity index (χ1) is 9.04. The molecule has 1 aromatic rings. The molecular weight excluding hydrogens is 244 g/mol. The zero-order valence-corrected chi connectivity index (χ0v) is 11.4. The van der Waals surface area contributed by atoms with E-state index >= 15 is 0 Å². The minimum Gasteiger partial charge on any atom is -0.385 e. The van der Waals surface area contributed by atoms with Crippen LogP contribution in [0.2, 0.25) is 0 Å². The second-order valence-electron chi connectivity index (χ2n) is 5.41. The Morgan fingerprint density at radius 1 is 1.42 bits per heavy atom. The molecule has 5 nitrogen and oxygen atoms in total. The SMILES string of the molecule is COCCC1(CNc2cc(C)cc([N+](=O)[O-])c2)CC1. The molecule has 0 spiro atoms. The molecule has 0 atom stereocenters. The molecule has 104 valence electrons. The van der Waals surface area contributed by atoms with Gasteiger partial charge in [0.1, 0.15) is 0 Å². The number of aryl methyl sites for hydroxylation is 1. The zero-order chi connectivity index (χ0) is 13.9. The lowest BCUT2D eigenvalue weighted by Gasteiger charge is -2.16. The molecule has 1 saturated carbocycles. The first kappa shape index (κ1) is 13.8. The van der Waals surface area contributed by atoms with Crippen molar-refractivity contribution in [1.82, 2.24) is 0 Å². The van der Waals surface area contributed by atoms with Gasteiger partial charge in [0, 0.05) is 38.1 Å². The maximum atomic E-state index is 10.8. The highest BCUT2D eigenvalue weighted by Crippen LogP contribution is 2.48. The van der Waals surface area contributed by atoms with Crippen LogP contribution in [0.15, 0.2) is 18.2 Å². The van der Waals surface area contributed by atoms with Gasteiger partial charge >= 0.3 is 0 Å². The maximum Gasteiger partial charge on any atom is 0.271 e. The number of hydrogen-bond donors (Lipinski definition) is 1. The second-order valence-corrected chi connectivity index (χ2v) is 5.41. The van der Waals surface area contributed by atoms with Gasteiger partial charge in [-0.3, -0.25) is 10.1 Å². The van der Waals surface area contributed by atoms with E-state index < -0.39 is 0 Å². The summed E-state index contributed by atoms with van der Waals surface area (Å²) in [6, 6.07) is 5.13. The van der Waals surface area contributed by atoms with E-state index in [0.717, 1.165) is 30.8 Å². The number of non-ortho nitro benzene ring substituents is 1. The van der Waals surface area contributed by atoms with Gasteiger partial charge in [-0.1, -0.05) is 0 Å². The summed E-state index contributed by atoms with van der Waals surface area (Å²) in [6.45, 7) is 3.50. The molecule has 0 bridgehead atoms. The summed E-state index contributed by atoms with van der Waals surface area (Å²) in [5.74, 6) is 0. The molecule has 1 aliphatic rings. The predicted molar refractivity (Wildman–Crippen MR) is 74.5 cm³/mol. The maximum absolute atomic E-state index is 10.8. The standard InChI is InChI=1S/C14H20N2O3/c1-11-7-12(9-13(8-11)16(17)18)15-10-14(3-4-14)5-6-19-2/h7-9,15H,3-6,10H2,1-2H3.